The molecule has 0 aliphatic heterocycles. The highest BCUT2D eigenvalue weighted by Gasteiger charge is 2.12. The molecule has 0 amide bonds. The van der Waals surface area contributed by atoms with Crippen LogP contribution in [-0.4, -0.2) is 22.7 Å². The van der Waals surface area contributed by atoms with Crippen molar-refractivity contribution < 1.29 is 5.11 Å². The summed E-state index contributed by atoms with van der Waals surface area (Å²) in [6, 6.07) is 2.07. The Morgan fingerprint density at radius 3 is 2.62 bits per heavy atom. The smallest absolute Gasteiger partial charge is 0.0684 e. The van der Waals surface area contributed by atoms with Gasteiger partial charge in [0.25, 0.3) is 0 Å². The summed E-state index contributed by atoms with van der Waals surface area (Å²) in [6.45, 7) is 4.96. The maximum Gasteiger partial charge on any atom is 0.0684 e. The van der Waals surface area contributed by atoms with E-state index in [0.29, 0.717) is 12.5 Å². The Bertz CT molecular complexity index is 345. The molecule has 2 N–H and O–H groups in total. The monoisotopic (exact) mass is 350 g/mol. The molecule has 0 spiro atoms. The SMILES string of the molecule is CC(C)C(CO)NCc1ncc(Br)cc1Br. The lowest BCUT2D eigenvalue weighted by Crippen LogP contribution is -2.36. The van der Waals surface area contributed by atoms with Crippen molar-refractivity contribution in [1.29, 1.82) is 0 Å². The number of hydrogen-bond acceptors (Lipinski definition) is 3. The average Bonchev–Trinajstić information content (AvgIpc) is 2.21. The molecule has 0 saturated carbocycles. The summed E-state index contributed by atoms with van der Waals surface area (Å²) in [6.07, 6.45) is 1.77. The second kappa shape index (κ2) is 6.69. The fourth-order valence-corrected chi connectivity index (χ4v) is 2.44. The van der Waals surface area contributed by atoms with Gasteiger partial charge in [0.05, 0.1) is 12.3 Å². The van der Waals surface area contributed by atoms with E-state index in [4.69, 9.17) is 0 Å². The predicted molar refractivity (Wildman–Crippen MR) is 72.2 cm³/mol. The van der Waals surface area contributed by atoms with Gasteiger partial charge in [-0.1, -0.05) is 13.8 Å². The molecule has 0 fully saturated rings. The zero-order valence-corrected chi connectivity index (χ0v) is 12.5. The molecule has 3 nitrogen and oxygen atoms in total. The van der Waals surface area contributed by atoms with Gasteiger partial charge in [-0.2, -0.15) is 0 Å². The number of hydrogen-bond donors (Lipinski definition) is 2. The van der Waals surface area contributed by atoms with Gasteiger partial charge in [0, 0.05) is 27.7 Å². The molecule has 0 aromatic carbocycles. The van der Waals surface area contributed by atoms with Crippen molar-refractivity contribution in [3.63, 3.8) is 0 Å². The lowest BCUT2D eigenvalue weighted by atomic mass is 10.1. The van der Waals surface area contributed by atoms with Crippen molar-refractivity contribution in [2.75, 3.05) is 6.61 Å². The van der Waals surface area contributed by atoms with E-state index in [0.717, 1.165) is 14.6 Å². The highest BCUT2D eigenvalue weighted by molar-refractivity contribution is 9.11. The van der Waals surface area contributed by atoms with Crippen molar-refractivity contribution in [1.82, 2.24) is 10.3 Å². The lowest BCUT2D eigenvalue weighted by molar-refractivity contribution is 0.209. The van der Waals surface area contributed by atoms with Crippen LogP contribution in [0.3, 0.4) is 0 Å². The number of aliphatic hydroxyl groups is 1. The Morgan fingerprint density at radius 1 is 1.44 bits per heavy atom. The van der Waals surface area contributed by atoms with Crippen molar-refractivity contribution in [2.24, 2.45) is 5.92 Å². The molecule has 1 atom stereocenters. The van der Waals surface area contributed by atoms with Crippen LogP contribution in [0.4, 0.5) is 0 Å². The number of halogens is 2. The first-order valence-electron chi connectivity index (χ1n) is 5.18. The van der Waals surface area contributed by atoms with E-state index in [2.05, 4.69) is 56.0 Å². The highest BCUT2D eigenvalue weighted by atomic mass is 79.9. The van der Waals surface area contributed by atoms with E-state index in [1.807, 2.05) is 6.07 Å². The van der Waals surface area contributed by atoms with Gasteiger partial charge in [-0.15, -0.1) is 0 Å². The summed E-state index contributed by atoms with van der Waals surface area (Å²) >= 11 is 6.82. The standard InChI is InChI=1S/C11H16Br2N2O/c1-7(2)11(6-16)15-5-10-9(13)3-8(12)4-14-10/h3-4,7,11,15-16H,5-6H2,1-2H3. The van der Waals surface area contributed by atoms with E-state index < -0.39 is 0 Å². The van der Waals surface area contributed by atoms with Crippen molar-refractivity contribution >= 4 is 31.9 Å². The second-order valence-electron chi connectivity index (χ2n) is 4.00. The number of aromatic nitrogens is 1. The van der Waals surface area contributed by atoms with Gasteiger partial charge in [-0.25, -0.2) is 0 Å². The first-order chi connectivity index (χ1) is 7.54. The molecule has 5 heteroatoms. The van der Waals surface area contributed by atoms with Crippen LogP contribution in [0.1, 0.15) is 19.5 Å². The van der Waals surface area contributed by atoms with Crippen LogP contribution in [0.15, 0.2) is 21.2 Å². The van der Waals surface area contributed by atoms with Crippen LogP contribution in [0.2, 0.25) is 0 Å². The third kappa shape index (κ3) is 4.13. The number of pyridine rings is 1. The summed E-state index contributed by atoms with van der Waals surface area (Å²) < 4.78 is 1.92. The van der Waals surface area contributed by atoms with Crippen LogP contribution in [0.5, 0.6) is 0 Å². The number of aliphatic hydroxyl groups excluding tert-OH is 1. The van der Waals surface area contributed by atoms with Gasteiger partial charge < -0.3 is 10.4 Å². The Kier molecular flexibility index (Phi) is 5.89. The number of rotatable bonds is 5. The molecule has 1 rings (SSSR count). The van der Waals surface area contributed by atoms with E-state index >= 15 is 0 Å². The highest BCUT2D eigenvalue weighted by Crippen LogP contribution is 2.19. The fourth-order valence-electron chi connectivity index (χ4n) is 1.31. The zero-order chi connectivity index (χ0) is 12.1. The van der Waals surface area contributed by atoms with Gasteiger partial charge in [-0.05, 0) is 43.8 Å². The molecule has 1 aromatic heterocycles. The lowest BCUT2D eigenvalue weighted by Gasteiger charge is -2.19. The minimum absolute atomic E-state index is 0.109. The molecule has 1 aromatic rings. The average molecular weight is 352 g/mol. The maximum atomic E-state index is 9.19. The molecular weight excluding hydrogens is 336 g/mol. The predicted octanol–water partition coefficient (Wildman–Crippen LogP) is 2.71. The number of nitrogens with zero attached hydrogens (tertiary/aromatic N) is 1. The third-order valence-electron chi connectivity index (χ3n) is 2.42. The Balaban J connectivity index is 2.60. The zero-order valence-electron chi connectivity index (χ0n) is 9.37. The molecule has 1 unspecified atom stereocenters. The van der Waals surface area contributed by atoms with Crippen molar-refractivity contribution in [2.45, 2.75) is 26.4 Å². The molecule has 16 heavy (non-hydrogen) atoms. The normalized spacial score (nSPS) is 13.1. The summed E-state index contributed by atoms with van der Waals surface area (Å²) in [5.74, 6) is 0.402. The van der Waals surface area contributed by atoms with E-state index in [-0.39, 0.29) is 12.6 Å². The minimum atomic E-state index is 0.109. The van der Waals surface area contributed by atoms with Gasteiger partial charge in [0.15, 0.2) is 0 Å². The molecule has 0 saturated heterocycles. The van der Waals surface area contributed by atoms with E-state index in [1.54, 1.807) is 6.20 Å². The van der Waals surface area contributed by atoms with E-state index in [1.165, 1.54) is 0 Å². The van der Waals surface area contributed by atoms with Crippen LogP contribution in [0, 0.1) is 5.92 Å². The Labute approximate surface area is 113 Å². The Morgan fingerprint density at radius 2 is 2.12 bits per heavy atom. The minimum Gasteiger partial charge on any atom is -0.395 e. The quantitative estimate of drug-likeness (QED) is 0.857. The summed E-state index contributed by atoms with van der Waals surface area (Å²) in [7, 11) is 0. The molecule has 0 aliphatic carbocycles. The van der Waals surface area contributed by atoms with Crippen molar-refractivity contribution in [3.8, 4) is 0 Å². The van der Waals surface area contributed by atoms with Gasteiger partial charge in [0.1, 0.15) is 0 Å². The molecule has 0 aliphatic rings. The molecule has 90 valence electrons. The van der Waals surface area contributed by atoms with E-state index in [9.17, 15) is 5.11 Å². The topological polar surface area (TPSA) is 45.1 Å². The Hall–Kier alpha value is 0.0300. The van der Waals surface area contributed by atoms with Crippen LogP contribution in [0.25, 0.3) is 0 Å². The first-order valence-corrected chi connectivity index (χ1v) is 6.77. The second-order valence-corrected chi connectivity index (χ2v) is 5.77. The first kappa shape index (κ1) is 14.1. The largest absolute Gasteiger partial charge is 0.395 e. The summed E-state index contributed by atoms with van der Waals surface area (Å²) in [4.78, 5) is 4.31. The van der Waals surface area contributed by atoms with Crippen LogP contribution in [-0.2, 0) is 6.54 Å². The van der Waals surface area contributed by atoms with Crippen LogP contribution < -0.4 is 5.32 Å². The maximum absolute atomic E-state index is 9.19. The third-order valence-corrected chi connectivity index (χ3v) is 3.54. The molecular formula is C11H16Br2N2O. The molecule has 1 heterocycles. The van der Waals surface area contributed by atoms with Gasteiger partial charge in [0.2, 0.25) is 0 Å². The van der Waals surface area contributed by atoms with Crippen LogP contribution >= 0.6 is 31.9 Å². The summed E-state index contributed by atoms with van der Waals surface area (Å²) in [5, 5.41) is 12.5. The molecule has 0 radical (unpaired) electrons. The number of nitrogens with one attached hydrogen (secondary N) is 1. The molecule has 0 bridgehead atoms. The van der Waals surface area contributed by atoms with Gasteiger partial charge in [-0.3, -0.25) is 4.98 Å². The summed E-state index contributed by atoms with van der Waals surface area (Å²) in [5.41, 5.74) is 0.947. The van der Waals surface area contributed by atoms with Gasteiger partial charge >= 0.3 is 0 Å². The van der Waals surface area contributed by atoms with Crippen molar-refractivity contribution in [3.05, 3.63) is 26.9 Å². The fraction of sp³-hybridized carbons (Fsp3) is 0.545.